The first-order valence-corrected chi connectivity index (χ1v) is 33.6. The van der Waals surface area contributed by atoms with Crippen molar-refractivity contribution in [3.05, 3.63) is 355 Å². The van der Waals surface area contributed by atoms with E-state index in [1.165, 1.54) is 31.1 Å². The van der Waals surface area contributed by atoms with Gasteiger partial charge < -0.3 is 19.5 Å². The predicted molar refractivity (Wildman–Crippen MR) is 364 cm³/mol. The number of ether oxygens (including phenoxy) is 3. The lowest BCUT2D eigenvalue weighted by Gasteiger charge is -2.28. The standard InChI is InChI=1S/C79H59N5O3Si2/c1-9-25-62(26-10-1)57-86-66-51-64(52-67(53-66)87-58-63-27-11-2-12-28-63)59-85-65-43-44-74-75(54-65)79(83-77-46-42-61(56-81-77)48-50-89(71-35-19-6-20-36-71,72-37-21-7-22-38-72)73-39-23-8-24-40-73)84-78(74)82-76-45-41-60(55-80-76)47-49-88(68-29-13-3-14-30-68,69-31-15-4-16-32-69)70-33-17-5-18-34-70/h1-46,51-56H,57-59H2,(H,80,81,82,83,84). The Kier molecular flexibility index (Phi) is 17.1. The Morgan fingerprint density at radius 3 is 1.01 bits per heavy atom. The fraction of sp³-hybridized carbons (Fsp3) is 0.0380. The monoisotopic (exact) mass is 1180 g/mol. The summed E-state index contributed by atoms with van der Waals surface area (Å²) >= 11 is 0. The number of benzene rings is 10. The molecule has 2 aromatic heterocycles. The van der Waals surface area contributed by atoms with Crippen molar-refractivity contribution in [1.29, 1.82) is 0 Å². The maximum Gasteiger partial charge on any atom is 0.230 e. The molecule has 3 heterocycles. The smallest absolute Gasteiger partial charge is 0.230 e. The van der Waals surface area contributed by atoms with Crippen molar-refractivity contribution in [1.82, 2.24) is 15.3 Å². The molecule has 1 N–H and O–H groups in total. The van der Waals surface area contributed by atoms with Crippen LogP contribution in [0, 0.1) is 22.9 Å². The Morgan fingerprint density at radius 1 is 0.315 bits per heavy atom. The minimum Gasteiger partial charge on any atom is -0.489 e. The molecule has 89 heavy (non-hydrogen) atoms. The zero-order chi connectivity index (χ0) is 59.9. The van der Waals surface area contributed by atoms with E-state index in [4.69, 9.17) is 34.2 Å². The van der Waals surface area contributed by atoms with Crippen LogP contribution in [0.5, 0.6) is 17.2 Å². The van der Waals surface area contributed by atoms with Gasteiger partial charge in [0.1, 0.15) is 48.7 Å². The Hall–Kier alpha value is -11.4. The normalized spacial score (nSPS) is 12.6. The maximum absolute atomic E-state index is 6.63. The van der Waals surface area contributed by atoms with Crippen LogP contribution in [0.25, 0.3) is 0 Å². The van der Waals surface area contributed by atoms with Gasteiger partial charge in [0.05, 0.1) is 0 Å². The van der Waals surface area contributed by atoms with Gasteiger partial charge in [0.25, 0.3) is 0 Å². The van der Waals surface area contributed by atoms with Gasteiger partial charge in [0, 0.05) is 40.7 Å². The van der Waals surface area contributed by atoms with E-state index in [0.29, 0.717) is 53.8 Å². The van der Waals surface area contributed by atoms with Crippen molar-refractivity contribution < 1.29 is 14.2 Å². The summed E-state index contributed by atoms with van der Waals surface area (Å²) in [6.45, 7) is 1.05. The van der Waals surface area contributed by atoms with Crippen LogP contribution in [0.2, 0.25) is 0 Å². The molecule has 10 aromatic carbocycles. The second-order valence-electron chi connectivity index (χ2n) is 21.4. The summed E-state index contributed by atoms with van der Waals surface area (Å²) in [5, 5.41) is 10.8. The first-order chi connectivity index (χ1) is 44.0. The highest BCUT2D eigenvalue weighted by Crippen LogP contribution is 2.29. The highest BCUT2D eigenvalue weighted by atomic mass is 28.3. The van der Waals surface area contributed by atoms with Gasteiger partial charge in [0.15, 0.2) is 11.6 Å². The van der Waals surface area contributed by atoms with Crippen LogP contribution in [0.3, 0.4) is 0 Å². The molecule has 10 heteroatoms. The highest BCUT2D eigenvalue weighted by Gasteiger charge is 2.39. The van der Waals surface area contributed by atoms with Gasteiger partial charge in [-0.2, -0.15) is 0 Å². The second kappa shape index (κ2) is 26.9. The lowest BCUT2D eigenvalue weighted by molar-refractivity contribution is 0.281. The summed E-state index contributed by atoms with van der Waals surface area (Å²) in [6, 6.07) is 104. The molecule has 0 atom stereocenters. The molecule has 0 bridgehead atoms. The molecule has 0 unspecified atom stereocenters. The predicted octanol–water partition coefficient (Wildman–Crippen LogP) is 12.1. The van der Waals surface area contributed by atoms with Crippen LogP contribution in [-0.2, 0) is 19.8 Å². The van der Waals surface area contributed by atoms with Crippen LogP contribution in [0.15, 0.2) is 326 Å². The Morgan fingerprint density at radius 2 is 0.652 bits per heavy atom. The molecule has 1 aliphatic heterocycles. The SMILES string of the molecule is C(#C[Si](c1ccccc1)(c1ccccc1)c1ccccc1)c1ccc(N=C2NC(=Nc3ccc(C#C[Si](c4ccccc4)(c4ccccc4)c4ccccc4)cn3)c3cc(OCc4cc(OCc5ccccc5)cc(OCc5ccccc5)c4)ccc32)nc1. The molecular weight excluding hydrogens is 1120 g/mol. The largest absolute Gasteiger partial charge is 0.489 e. The molecule has 0 fully saturated rings. The van der Waals surface area contributed by atoms with Gasteiger partial charge in [-0.3, -0.25) is 0 Å². The van der Waals surface area contributed by atoms with Crippen LogP contribution in [-0.4, -0.2) is 37.8 Å². The van der Waals surface area contributed by atoms with Gasteiger partial charge >= 0.3 is 0 Å². The third-order valence-corrected chi connectivity index (χ3v) is 23.8. The molecule has 0 saturated heterocycles. The lowest BCUT2D eigenvalue weighted by Crippen LogP contribution is -2.66. The number of amidine groups is 2. The van der Waals surface area contributed by atoms with Crippen molar-refractivity contribution >= 4 is 70.6 Å². The molecule has 0 spiro atoms. The number of hydrogen-bond donors (Lipinski definition) is 1. The molecule has 8 nitrogen and oxygen atoms in total. The lowest BCUT2D eigenvalue weighted by atomic mass is 10.1. The van der Waals surface area contributed by atoms with Gasteiger partial charge in [-0.05, 0) is 102 Å². The average molecular weight is 1180 g/mol. The number of nitrogens with zero attached hydrogens (tertiary/aromatic N) is 4. The topological polar surface area (TPSA) is 90.2 Å². The van der Waals surface area contributed by atoms with Crippen LogP contribution in [0.4, 0.5) is 11.6 Å². The number of rotatable bonds is 17. The Bertz CT molecular complexity index is 4290. The van der Waals surface area contributed by atoms with Crippen molar-refractivity contribution in [3.63, 3.8) is 0 Å². The molecule has 0 aliphatic carbocycles. The molecule has 12 aromatic rings. The van der Waals surface area contributed by atoms with E-state index in [0.717, 1.165) is 38.9 Å². The third-order valence-electron chi connectivity index (χ3n) is 15.6. The Labute approximate surface area is 521 Å². The van der Waals surface area contributed by atoms with Crippen molar-refractivity contribution in [2.75, 3.05) is 0 Å². The number of fused-ring (bicyclic) bond motifs is 1. The van der Waals surface area contributed by atoms with Gasteiger partial charge in [-0.1, -0.05) is 254 Å². The van der Waals surface area contributed by atoms with Gasteiger partial charge in [0.2, 0.25) is 16.1 Å². The summed E-state index contributed by atoms with van der Waals surface area (Å²) in [4.78, 5) is 20.0. The van der Waals surface area contributed by atoms with E-state index in [1.807, 2.05) is 121 Å². The van der Waals surface area contributed by atoms with Crippen LogP contribution < -0.4 is 50.6 Å². The summed E-state index contributed by atoms with van der Waals surface area (Å²) in [7, 11) is -5.65. The maximum atomic E-state index is 6.63. The van der Waals surface area contributed by atoms with Gasteiger partial charge in [-0.15, -0.1) is 11.1 Å². The van der Waals surface area contributed by atoms with E-state index in [9.17, 15) is 0 Å². The van der Waals surface area contributed by atoms with E-state index < -0.39 is 16.1 Å². The van der Waals surface area contributed by atoms with Crippen LogP contribution in [0.1, 0.15) is 38.9 Å². The molecule has 0 radical (unpaired) electrons. The third kappa shape index (κ3) is 13.1. The number of aromatic nitrogens is 2. The van der Waals surface area contributed by atoms with Crippen LogP contribution >= 0.6 is 0 Å². The second-order valence-corrected chi connectivity index (χ2v) is 28.4. The summed E-state index contributed by atoms with van der Waals surface area (Å²) < 4.78 is 19.3. The molecule has 0 amide bonds. The fourth-order valence-corrected chi connectivity index (χ4v) is 18.8. The first-order valence-electron chi connectivity index (χ1n) is 29.6. The summed E-state index contributed by atoms with van der Waals surface area (Å²) in [6.07, 6.45) is 3.60. The zero-order valence-electron chi connectivity index (χ0n) is 48.7. The molecule has 1 aliphatic rings. The molecule has 426 valence electrons. The highest BCUT2D eigenvalue weighted by molar-refractivity contribution is 7.17. The quantitative estimate of drug-likeness (QED) is 0.0555. The van der Waals surface area contributed by atoms with E-state index in [1.54, 1.807) is 12.4 Å². The number of hydrogen-bond acceptors (Lipinski definition) is 7. The molecule has 0 saturated carbocycles. The van der Waals surface area contributed by atoms with E-state index >= 15 is 0 Å². The average Bonchev–Trinajstić information content (AvgIpc) is 2.06. The van der Waals surface area contributed by atoms with Crippen molar-refractivity contribution in [2.45, 2.75) is 19.8 Å². The minimum absolute atomic E-state index is 0.238. The summed E-state index contributed by atoms with van der Waals surface area (Å²) in [5.74, 6) is 11.3. The van der Waals surface area contributed by atoms with Gasteiger partial charge in [-0.25, -0.2) is 20.0 Å². The van der Waals surface area contributed by atoms with Crippen molar-refractivity contribution in [3.8, 4) is 40.2 Å². The zero-order valence-corrected chi connectivity index (χ0v) is 50.7. The minimum atomic E-state index is -2.83. The van der Waals surface area contributed by atoms with E-state index in [2.05, 4.69) is 210 Å². The Balaban J connectivity index is 0.829. The number of aliphatic imine (C=N–C) groups is 2. The number of pyridine rings is 2. The number of nitrogens with one attached hydrogen (secondary N) is 1. The first kappa shape index (κ1) is 56.7. The molecule has 13 rings (SSSR count). The fourth-order valence-electron chi connectivity index (χ4n) is 11.1. The van der Waals surface area contributed by atoms with Crippen molar-refractivity contribution in [2.24, 2.45) is 9.98 Å². The summed E-state index contributed by atoms with van der Waals surface area (Å²) in [5.41, 5.74) is 13.9. The van der Waals surface area contributed by atoms with E-state index in [-0.39, 0.29) is 6.61 Å². The molecular formula is C79H59N5O3Si2.